The minimum Gasteiger partial charge on any atom is -0.295 e. The molecule has 0 radical (unpaired) electrons. The Labute approximate surface area is 140 Å². The summed E-state index contributed by atoms with van der Waals surface area (Å²) in [4.78, 5) is 11.7. The van der Waals surface area contributed by atoms with E-state index in [1.54, 1.807) is 0 Å². The standard InChI is InChI=1S/C22H28O/c1-4-5-20-14(2)12-21-19-8-6-15-13-16(23)7-9-17(15)18(19)10-11-22(20,21)3/h4-6,8,13,17-21H,2,7,9-12H2,1,3H3/b5-4+/t17-,18+,19+,20+,21-,22+/m0/s1. The molecule has 0 saturated heterocycles. The maximum atomic E-state index is 11.7. The molecule has 122 valence electrons. The van der Waals surface area contributed by atoms with Gasteiger partial charge in [0.1, 0.15) is 0 Å². The van der Waals surface area contributed by atoms with E-state index in [0.717, 1.165) is 24.7 Å². The van der Waals surface area contributed by atoms with Crippen LogP contribution in [0.5, 0.6) is 0 Å². The zero-order chi connectivity index (χ0) is 16.2. The van der Waals surface area contributed by atoms with Crippen LogP contribution in [0, 0.1) is 35.0 Å². The van der Waals surface area contributed by atoms with Crippen molar-refractivity contribution in [1.82, 2.24) is 0 Å². The van der Waals surface area contributed by atoms with Crippen LogP contribution in [0.15, 0.2) is 48.1 Å². The van der Waals surface area contributed by atoms with Gasteiger partial charge in [0.2, 0.25) is 0 Å². The number of fused-ring (bicyclic) bond motifs is 5. The fraction of sp³-hybridized carbons (Fsp3) is 0.591. The molecule has 1 nitrogen and oxygen atoms in total. The summed E-state index contributed by atoms with van der Waals surface area (Å²) in [6.07, 6.45) is 16.9. The van der Waals surface area contributed by atoms with Crippen LogP contribution in [0.1, 0.15) is 46.0 Å². The van der Waals surface area contributed by atoms with Gasteiger partial charge in [-0.3, -0.25) is 4.79 Å². The Morgan fingerprint density at radius 2 is 2.17 bits per heavy atom. The molecule has 23 heavy (non-hydrogen) atoms. The predicted octanol–water partition coefficient (Wildman–Crippen LogP) is 5.26. The highest BCUT2D eigenvalue weighted by molar-refractivity contribution is 5.91. The monoisotopic (exact) mass is 308 g/mol. The van der Waals surface area contributed by atoms with Gasteiger partial charge >= 0.3 is 0 Å². The lowest BCUT2D eigenvalue weighted by atomic mass is 9.53. The van der Waals surface area contributed by atoms with Crippen LogP contribution in [0.2, 0.25) is 0 Å². The van der Waals surface area contributed by atoms with Crippen molar-refractivity contribution in [2.75, 3.05) is 0 Å². The van der Waals surface area contributed by atoms with E-state index >= 15 is 0 Å². The van der Waals surface area contributed by atoms with Crippen LogP contribution < -0.4 is 0 Å². The third-order valence-electron chi connectivity index (χ3n) is 7.32. The van der Waals surface area contributed by atoms with Crippen molar-refractivity contribution in [3.8, 4) is 0 Å². The van der Waals surface area contributed by atoms with Crippen LogP contribution in [0.25, 0.3) is 0 Å². The highest BCUT2D eigenvalue weighted by Gasteiger charge is 2.55. The molecule has 0 aromatic carbocycles. The zero-order valence-electron chi connectivity index (χ0n) is 14.4. The summed E-state index contributed by atoms with van der Waals surface area (Å²) < 4.78 is 0. The first-order valence-corrected chi connectivity index (χ1v) is 9.27. The molecule has 0 aliphatic heterocycles. The molecular weight excluding hydrogens is 280 g/mol. The Morgan fingerprint density at radius 3 is 2.96 bits per heavy atom. The predicted molar refractivity (Wildman–Crippen MR) is 94.8 cm³/mol. The Kier molecular flexibility index (Phi) is 3.51. The summed E-state index contributed by atoms with van der Waals surface area (Å²) in [6.45, 7) is 9.05. The lowest BCUT2D eigenvalue weighted by Crippen LogP contribution is -2.44. The summed E-state index contributed by atoms with van der Waals surface area (Å²) in [5, 5.41) is 0. The minimum atomic E-state index is 0.322. The first-order valence-electron chi connectivity index (χ1n) is 9.27. The number of carbonyl (C=O) groups is 1. The largest absolute Gasteiger partial charge is 0.295 e. The maximum Gasteiger partial charge on any atom is 0.155 e. The minimum absolute atomic E-state index is 0.322. The SMILES string of the molecule is C=C1C[C@H]2[C@@H]3C=CC4=CC(=O)CC[C@@H]4[C@H]3CC[C@]2(C)[C@@H]1/C=C/C. The van der Waals surface area contributed by atoms with Crippen molar-refractivity contribution in [2.24, 2.45) is 35.0 Å². The fourth-order valence-electron chi connectivity index (χ4n) is 6.20. The number of rotatable bonds is 1. The van der Waals surface area contributed by atoms with E-state index < -0.39 is 0 Å². The summed E-state index contributed by atoms with van der Waals surface area (Å²) >= 11 is 0. The van der Waals surface area contributed by atoms with Crippen molar-refractivity contribution < 1.29 is 4.79 Å². The normalized spacial score (nSPS) is 45.7. The average Bonchev–Trinajstić information content (AvgIpc) is 2.79. The van der Waals surface area contributed by atoms with Crippen molar-refractivity contribution in [2.45, 2.75) is 46.0 Å². The molecule has 6 atom stereocenters. The first kappa shape index (κ1) is 15.2. The Balaban J connectivity index is 1.70. The number of hydrogen-bond acceptors (Lipinski definition) is 1. The van der Waals surface area contributed by atoms with E-state index in [4.69, 9.17) is 0 Å². The summed E-state index contributed by atoms with van der Waals surface area (Å²) in [7, 11) is 0. The third kappa shape index (κ3) is 2.16. The molecule has 0 heterocycles. The number of hydrogen-bond donors (Lipinski definition) is 0. The molecule has 0 spiro atoms. The maximum absolute atomic E-state index is 11.7. The van der Waals surface area contributed by atoms with Gasteiger partial charge in [-0.25, -0.2) is 0 Å². The third-order valence-corrected chi connectivity index (χ3v) is 7.32. The Hall–Kier alpha value is -1.37. The van der Waals surface area contributed by atoms with Gasteiger partial charge in [-0.15, -0.1) is 0 Å². The first-order chi connectivity index (χ1) is 11.0. The Bertz CT molecular complexity index is 634. The van der Waals surface area contributed by atoms with E-state index in [2.05, 4.69) is 44.7 Å². The van der Waals surface area contributed by atoms with E-state index in [0.29, 0.717) is 29.0 Å². The van der Waals surface area contributed by atoms with E-state index in [1.807, 2.05) is 6.08 Å². The van der Waals surface area contributed by atoms with Gasteiger partial charge in [0, 0.05) is 12.3 Å². The van der Waals surface area contributed by atoms with Gasteiger partial charge in [-0.05, 0) is 73.3 Å². The molecule has 4 aliphatic carbocycles. The highest BCUT2D eigenvalue weighted by atomic mass is 16.1. The lowest BCUT2D eigenvalue weighted by Gasteiger charge is -2.51. The van der Waals surface area contributed by atoms with Gasteiger partial charge in [0.25, 0.3) is 0 Å². The van der Waals surface area contributed by atoms with Crippen molar-refractivity contribution in [1.29, 1.82) is 0 Å². The van der Waals surface area contributed by atoms with Crippen LogP contribution >= 0.6 is 0 Å². The molecule has 0 amide bonds. The van der Waals surface area contributed by atoms with Crippen LogP contribution in [0.3, 0.4) is 0 Å². The molecule has 0 bridgehead atoms. The number of allylic oxidation sites excluding steroid dienone is 7. The average molecular weight is 308 g/mol. The van der Waals surface area contributed by atoms with Crippen molar-refractivity contribution >= 4 is 5.78 Å². The molecule has 0 N–H and O–H groups in total. The molecule has 4 aliphatic rings. The van der Waals surface area contributed by atoms with Crippen molar-refractivity contribution in [3.63, 3.8) is 0 Å². The highest BCUT2D eigenvalue weighted by Crippen LogP contribution is 2.63. The molecule has 2 fully saturated rings. The molecule has 0 aromatic rings. The quantitative estimate of drug-likeness (QED) is 0.604. The smallest absolute Gasteiger partial charge is 0.155 e. The number of ketones is 1. The van der Waals surface area contributed by atoms with E-state index in [-0.39, 0.29) is 0 Å². The van der Waals surface area contributed by atoms with Crippen LogP contribution in [-0.2, 0) is 4.79 Å². The van der Waals surface area contributed by atoms with Gasteiger partial charge in [0.15, 0.2) is 5.78 Å². The second kappa shape index (κ2) is 5.33. The molecule has 1 heteroatoms. The topological polar surface area (TPSA) is 17.1 Å². The zero-order valence-corrected chi connectivity index (χ0v) is 14.4. The second-order valence-corrected chi connectivity index (χ2v) is 8.37. The summed E-state index contributed by atoms with van der Waals surface area (Å²) in [5.74, 6) is 3.65. The van der Waals surface area contributed by atoms with Gasteiger partial charge in [-0.2, -0.15) is 0 Å². The lowest BCUT2D eigenvalue weighted by molar-refractivity contribution is -0.115. The fourth-order valence-corrected chi connectivity index (χ4v) is 6.20. The van der Waals surface area contributed by atoms with Gasteiger partial charge in [0.05, 0.1) is 0 Å². The molecule has 2 saturated carbocycles. The van der Waals surface area contributed by atoms with Gasteiger partial charge in [-0.1, -0.05) is 43.4 Å². The molecular formula is C22H28O. The van der Waals surface area contributed by atoms with E-state index in [9.17, 15) is 4.79 Å². The number of carbonyl (C=O) groups excluding carboxylic acids is 1. The second-order valence-electron chi connectivity index (χ2n) is 8.37. The van der Waals surface area contributed by atoms with E-state index in [1.165, 1.54) is 30.4 Å². The summed E-state index contributed by atoms with van der Waals surface area (Å²) in [5.41, 5.74) is 3.12. The molecule has 0 unspecified atom stereocenters. The molecule has 4 rings (SSSR count). The molecule has 0 aromatic heterocycles. The van der Waals surface area contributed by atoms with Crippen LogP contribution in [0.4, 0.5) is 0 Å². The van der Waals surface area contributed by atoms with Crippen molar-refractivity contribution in [3.05, 3.63) is 48.1 Å². The van der Waals surface area contributed by atoms with Gasteiger partial charge < -0.3 is 0 Å². The Morgan fingerprint density at radius 1 is 1.35 bits per heavy atom. The van der Waals surface area contributed by atoms with Crippen LogP contribution in [-0.4, -0.2) is 5.78 Å². The summed E-state index contributed by atoms with van der Waals surface area (Å²) in [6, 6.07) is 0.